The molecule has 572 valence electrons. The van der Waals surface area contributed by atoms with E-state index in [1.54, 1.807) is 0 Å². The zero-order valence-electron chi connectivity index (χ0n) is 63.0. The van der Waals surface area contributed by atoms with E-state index >= 15 is 0 Å². The molecule has 17 nitrogen and oxygen atoms in total. The normalized spacial score (nSPS) is 14.8. The smallest absolute Gasteiger partial charge is 0.462 e. The summed E-state index contributed by atoms with van der Waals surface area (Å²) in [5, 5.41) is 10.6. The van der Waals surface area contributed by atoms with Gasteiger partial charge < -0.3 is 33.8 Å². The van der Waals surface area contributed by atoms with Crippen LogP contribution in [0.15, 0.2) is 24.3 Å². The number of aliphatic hydroxyl groups is 1. The standard InChI is InChI=1S/C78H148O17P2/c1-8-11-12-13-14-15-16-17-19-23-26-32-37-45-52-59-75(80)88-65-73(94-77(82)61-54-47-38-33-27-24-21-18-20-22-25-30-35-42-49-56-69(4)5)67-92-96(84,85)90-63-72(79)64-91-97(86,87)93-68-74(66-89-76(81)60-53-46-41-40-44-51-58-71(7)10-3)95-78(83)62-55-48-39-34-29-28-31-36-43-50-57-70(6)9-2/h15-17,19,69-74,79H,8-14,18,20-68H2,1-7H3,(H,84,85)(H,86,87)/b16-15-,19-17-/t70?,71?,72-,73-,74-/m1/s1. The molecule has 0 rings (SSSR count). The van der Waals surface area contributed by atoms with E-state index in [0.29, 0.717) is 25.7 Å². The van der Waals surface area contributed by atoms with E-state index < -0.39 is 97.5 Å². The van der Waals surface area contributed by atoms with Crippen molar-refractivity contribution in [1.82, 2.24) is 0 Å². The summed E-state index contributed by atoms with van der Waals surface area (Å²) in [4.78, 5) is 72.9. The van der Waals surface area contributed by atoms with Crippen LogP contribution in [0.3, 0.4) is 0 Å². The van der Waals surface area contributed by atoms with Crippen LogP contribution in [0.2, 0.25) is 0 Å². The first-order chi connectivity index (χ1) is 46.8. The molecule has 0 amide bonds. The second-order valence-electron chi connectivity index (χ2n) is 28.4. The molecular weight excluding hydrogens is 1270 g/mol. The van der Waals surface area contributed by atoms with Gasteiger partial charge in [-0.15, -0.1) is 0 Å². The third kappa shape index (κ3) is 69.1. The van der Waals surface area contributed by atoms with Gasteiger partial charge in [-0.05, 0) is 69.1 Å². The number of carbonyl (C=O) groups excluding carboxylic acids is 4. The van der Waals surface area contributed by atoms with E-state index in [4.69, 9.17) is 37.0 Å². The van der Waals surface area contributed by atoms with E-state index in [0.717, 1.165) is 133 Å². The van der Waals surface area contributed by atoms with Crippen molar-refractivity contribution in [1.29, 1.82) is 0 Å². The predicted molar refractivity (Wildman–Crippen MR) is 395 cm³/mol. The largest absolute Gasteiger partial charge is 0.472 e. The van der Waals surface area contributed by atoms with Gasteiger partial charge in [0.15, 0.2) is 12.2 Å². The summed E-state index contributed by atoms with van der Waals surface area (Å²) >= 11 is 0. The summed E-state index contributed by atoms with van der Waals surface area (Å²) in [5.41, 5.74) is 0. The summed E-state index contributed by atoms with van der Waals surface area (Å²) in [6, 6.07) is 0. The van der Waals surface area contributed by atoms with Gasteiger partial charge in [0.2, 0.25) is 0 Å². The van der Waals surface area contributed by atoms with Crippen molar-refractivity contribution < 1.29 is 80.2 Å². The maximum absolute atomic E-state index is 13.1. The van der Waals surface area contributed by atoms with Crippen molar-refractivity contribution in [3.8, 4) is 0 Å². The van der Waals surface area contributed by atoms with E-state index in [2.05, 4.69) is 72.8 Å². The molecule has 19 heteroatoms. The summed E-state index contributed by atoms with van der Waals surface area (Å²) in [6.45, 7) is 11.9. The SMILES string of the molecule is CCCCCC/C=C\C=C/CCCCCCCC(=O)OC[C@H](COP(=O)(O)OC[C@@H](O)COP(=O)(O)OC[C@@H](COC(=O)CCCCCCCCC(C)CC)OC(=O)CCCCCCCCCCCCC(C)CC)OC(=O)CCCCCCCCCCCCCCCCCC(C)C. The Hall–Kier alpha value is -2.46. The third-order valence-corrected chi connectivity index (χ3v) is 20.1. The highest BCUT2D eigenvalue weighted by atomic mass is 31.2. The number of aliphatic hydroxyl groups excluding tert-OH is 1. The minimum atomic E-state index is -4.97. The molecule has 0 aliphatic heterocycles. The van der Waals surface area contributed by atoms with Crippen LogP contribution in [0.1, 0.15) is 376 Å². The number of allylic oxidation sites excluding steroid dienone is 4. The topological polar surface area (TPSA) is 237 Å². The minimum absolute atomic E-state index is 0.100. The lowest BCUT2D eigenvalue weighted by Gasteiger charge is -2.21. The van der Waals surface area contributed by atoms with Gasteiger partial charge in [-0.3, -0.25) is 37.3 Å². The van der Waals surface area contributed by atoms with Crippen LogP contribution in [0, 0.1) is 17.8 Å². The summed E-state index contributed by atoms with van der Waals surface area (Å²) < 4.78 is 68.6. The van der Waals surface area contributed by atoms with Crippen LogP contribution in [0.4, 0.5) is 0 Å². The number of phosphoric ester groups is 2. The number of hydrogen-bond donors (Lipinski definition) is 3. The highest BCUT2D eigenvalue weighted by Gasteiger charge is 2.30. The Morgan fingerprint density at radius 3 is 0.918 bits per heavy atom. The van der Waals surface area contributed by atoms with Gasteiger partial charge in [-0.1, -0.05) is 323 Å². The van der Waals surface area contributed by atoms with E-state index in [9.17, 15) is 43.2 Å². The molecule has 0 aromatic heterocycles. The minimum Gasteiger partial charge on any atom is -0.462 e. The Labute approximate surface area is 592 Å². The number of ether oxygens (including phenoxy) is 4. The van der Waals surface area contributed by atoms with Gasteiger partial charge in [-0.25, -0.2) is 9.13 Å². The lowest BCUT2D eigenvalue weighted by Crippen LogP contribution is -2.30. The lowest BCUT2D eigenvalue weighted by atomic mass is 9.99. The molecule has 97 heavy (non-hydrogen) atoms. The number of hydrogen-bond acceptors (Lipinski definition) is 15. The van der Waals surface area contributed by atoms with Gasteiger partial charge in [0.1, 0.15) is 19.3 Å². The first kappa shape index (κ1) is 94.5. The van der Waals surface area contributed by atoms with Crippen molar-refractivity contribution in [2.24, 2.45) is 17.8 Å². The first-order valence-corrected chi connectivity index (χ1v) is 42.7. The number of carbonyl (C=O) groups is 4. The van der Waals surface area contributed by atoms with Gasteiger partial charge in [0.05, 0.1) is 26.4 Å². The van der Waals surface area contributed by atoms with Crippen molar-refractivity contribution in [3.05, 3.63) is 24.3 Å². The van der Waals surface area contributed by atoms with E-state index in [1.807, 2.05) is 0 Å². The number of phosphoric acid groups is 2. The summed E-state index contributed by atoms with van der Waals surface area (Å²) in [7, 11) is -9.93. The molecule has 7 atom stereocenters. The summed E-state index contributed by atoms with van der Waals surface area (Å²) in [6.07, 6.45) is 57.6. The molecule has 0 aromatic rings. The van der Waals surface area contributed by atoms with Crippen molar-refractivity contribution in [2.45, 2.75) is 394 Å². The van der Waals surface area contributed by atoms with Gasteiger partial charge in [0.25, 0.3) is 0 Å². The quantitative estimate of drug-likeness (QED) is 0.0169. The van der Waals surface area contributed by atoms with Crippen LogP contribution in [-0.2, 0) is 65.4 Å². The van der Waals surface area contributed by atoms with Crippen LogP contribution in [0.25, 0.3) is 0 Å². The number of unbranched alkanes of at least 4 members (excludes halogenated alkanes) is 37. The van der Waals surface area contributed by atoms with Gasteiger partial charge in [0, 0.05) is 25.7 Å². The number of rotatable bonds is 74. The monoisotopic (exact) mass is 1420 g/mol. The first-order valence-electron chi connectivity index (χ1n) is 39.7. The zero-order chi connectivity index (χ0) is 71.6. The molecule has 0 bridgehead atoms. The molecular formula is C78H148O17P2. The molecule has 0 aromatic carbocycles. The van der Waals surface area contributed by atoms with Crippen molar-refractivity contribution >= 4 is 39.5 Å². The van der Waals surface area contributed by atoms with Gasteiger partial charge >= 0.3 is 39.5 Å². The molecule has 0 heterocycles. The van der Waals surface area contributed by atoms with Crippen molar-refractivity contribution in [3.63, 3.8) is 0 Å². The second kappa shape index (κ2) is 68.0. The number of esters is 4. The Bertz CT molecular complexity index is 1990. The molecule has 0 saturated carbocycles. The Morgan fingerprint density at radius 1 is 0.340 bits per heavy atom. The predicted octanol–water partition coefficient (Wildman–Crippen LogP) is 22.5. The third-order valence-electron chi connectivity index (χ3n) is 18.2. The van der Waals surface area contributed by atoms with Crippen molar-refractivity contribution in [2.75, 3.05) is 39.6 Å². The second-order valence-corrected chi connectivity index (χ2v) is 31.3. The molecule has 0 radical (unpaired) electrons. The average Bonchev–Trinajstić information content (AvgIpc) is 1.47. The maximum Gasteiger partial charge on any atom is 0.472 e. The van der Waals surface area contributed by atoms with Crippen LogP contribution >= 0.6 is 15.6 Å². The molecule has 0 saturated heterocycles. The lowest BCUT2D eigenvalue weighted by molar-refractivity contribution is -0.161. The van der Waals surface area contributed by atoms with Crippen LogP contribution in [0.5, 0.6) is 0 Å². The maximum atomic E-state index is 13.1. The molecule has 4 unspecified atom stereocenters. The zero-order valence-corrected chi connectivity index (χ0v) is 64.8. The fourth-order valence-electron chi connectivity index (χ4n) is 11.4. The van der Waals surface area contributed by atoms with Crippen LogP contribution in [-0.4, -0.2) is 96.7 Å². The highest BCUT2D eigenvalue weighted by Crippen LogP contribution is 2.45. The van der Waals surface area contributed by atoms with Gasteiger partial charge in [-0.2, -0.15) is 0 Å². The molecule has 0 aliphatic rings. The van der Waals surface area contributed by atoms with E-state index in [-0.39, 0.29) is 25.7 Å². The fourth-order valence-corrected chi connectivity index (χ4v) is 12.9. The molecule has 0 fully saturated rings. The Morgan fingerprint density at radius 2 is 0.608 bits per heavy atom. The summed E-state index contributed by atoms with van der Waals surface area (Å²) in [5.74, 6) is 0.184. The van der Waals surface area contributed by atoms with Crippen LogP contribution < -0.4 is 0 Å². The Balaban J connectivity index is 5.29. The average molecular weight is 1420 g/mol. The van der Waals surface area contributed by atoms with E-state index in [1.165, 1.54) is 161 Å². The fraction of sp³-hybridized carbons (Fsp3) is 0.897. The molecule has 0 spiro atoms. The highest BCUT2D eigenvalue weighted by molar-refractivity contribution is 7.47. The molecule has 0 aliphatic carbocycles. The Kier molecular flexibility index (Phi) is 66.3. The molecule has 3 N–H and O–H groups in total.